The van der Waals surface area contributed by atoms with E-state index in [1.807, 2.05) is 0 Å². The van der Waals surface area contributed by atoms with Crippen LogP contribution >= 0.6 is 11.3 Å². The molecule has 1 amide bonds. The quantitative estimate of drug-likeness (QED) is 0.730. The van der Waals surface area contributed by atoms with Crippen LogP contribution in [0.2, 0.25) is 0 Å². The summed E-state index contributed by atoms with van der Waals surface area (Å²) in [6.07, 6.45) is 4.17. The minimum absolute atomic E-state index is 0.0560. The van der Waals surface area contributed by atoms with E-state index < -0.39 is 11.9 Å². The lowest BCUT2D eigenvalue weighted by Gasteiger charge is -1.99. The number of carbonyl (C=O) groups excluding carboxylic acids is 1. The van der Waals surface area contributed by atoms with Gasteiger partial charge < -0.3 is 10.8 Å². The van der Waals surface area contributed by atoms with Gasteiger partial charge in [-0.25, -0.2) is 14.5 Å². The smallest absolute Gasteiger partial charge is 0.338 e. The minimum atomic E-state index is -1.08. The van der Waals surface area contributed by atoms with E-state index in [-0.39, 0.29) is 11.3 Å². The van der Waals surface area contributed by atoms with Gasteiger partial charge in [0.25, 0.3) is 5.91 Å². The van der Waals surface area contributed by atoms with Crippen molar-refractivity contribution in [3.8, 4) is 5.13 Å². The second-order valence-corrected chi connectivity index (χ2v) is 4.70. The number of carboxylic acid groups (broad SMARTS) is 1. The molecule has 0 spiro atoms. The number of carboxylic acids is 1. The number of hydrogen-bond acceptors (Lipinski definition) is 6. The zero-order valence-corrected chi connectivity index (χ0v) is 10.7. The van der Waals surface area contributed by atoms with Crippen molar-refractivity contribution in [1.82, 2.24) is 19.7 Å². The highest BCUT2D eigenvalue weighted by molar-refractivity contribution is 7.12. The van der Waals surface area contributed by atoms with Crippen LogP contribution in [0.1, 0.15) is 20.8 Å². The van der Waals surface area contributed by atoms with Crippen LogP contribution in [0.15, 0.2) is 24.0 Å². The van der Waals surface area contributed by atoms with Crippen LogP contribution in [0.3, 0.4) is 0 Å². The topological polar surface area (TPSA) is 124 Å². The first kappa shape index (κ1) is 12.2. The SMILES string of the molecule is NC(=O)c1csc(-n2ncc3c(C(=O)O)cncc32)n1. The standard InChI is InChI=1S/C11H7N5O3S/c12-9(17)7-4-20-11(15-7)16-8-3-13-1-6(10(18)19)5(8)2-14-16/h1-4H,(H2,12,17)(H,18,19). The van der Waals surface area contributed by atoms with E-state index in [1.54, 1.807) is 0 Å². The molecule has 20 heavy (non-hydrogen) atoms. The maximum atomic E-state index is 11.1. The van der Waals surface area contributed by atoms with Gasteiger partial charge in [-0.3, -0.25) is 9.78 Å². The third kappa shape index (κ3) is 1.80. The summed E-state index contributed by atoms with van der Waals surface area (Å²) in [5.74, 6) is -1.71. The van der Waals surface area contributed by atoms with Crippen LogP contribution in [0.5, 0.6) is 0 Å². The van der Waals surface area contributed by atoms with Crippen molar-refractivity contribution in [2.24, 2.45) is 5.73 Å². The molecule has 0 bridgehead atoms. The normalized spacial score (nSPS) is 10.8. The van der Waals surface area contributed by atoms with Crippen LogP contribution < -0.4 is 5.73 Å². The fourth-order valence-electron chi connectivity index (χ4n) is 1.74. The second-order valence-electron chi connectivity index (χ2n) is 3.86. The zero-order chi connectivity index (χ0) is 14.3. The summed E-state index contributed by atoms with van der Waals surface area (Å²) in [5, 5.41) is 15.6. The average Bonchev–Trinajstić information content (AvgIpc) is 3.03. The lowest BCUT2D eigenvalue weighted by molar-refractivity contribution is 0.0698. The summed E-state index contributed by atoms with van der Waals surface area (Å²) in [6.45, 7) is 0. The number of rotatable bonds is 3. The first-order chi connectivity index (χ1) is 9.58. The summed E-state index contributed by atoms with van der Waals surface area (Å²) in [7, 11) is 0. The Kier molecular flexibility index (Phi) is 2.68. The fourth-order valence-corrected chi connectivity index (χ4v) is 2.52. The number of hydrogen-bond donors (Lipinski definition) is 2. The molecule has 3 rings (SSSR count). The monoisotopic (exact) mass is 289 g/mol. The molecular weight excluding hydrogens is 282 g/mol. The molecule has 3 heterocycles. The zero-order valence-electron chi connectivity index (χ0n) is 9.85. The number of carbonyl (C=O) groups is 2. The Bertz CT molecular complexity index is 838. The molecule has 3 N–H and O–H groups in total. The number of pyridine rings is 1. The second kappa shape index (κ2) is 4.38. The van der Waals surface area contributed by atoms with Gasteiger partial charge in [0.15, 0.2) is 0 Å². The van der Waals surface area contributed by atoms with E-state index in [4.69, 9.17) is 10.8 Å². The van der Waals surface area contributed by atoms with Gasteiger partial charge in [-0.1, -0.05) is 0 Å². The van der Waals surface area contributed by atoms with Gasteiger partial charge in [0.05, 0.1) is 23.5 Å². The van der Waals surface area contributed by atoms with Crippen LogP contribution in [0, 0.1) is 0 Å². The number of nitrogens with zero attached hydrogens (tertiary/aromatic N) is 4. The van der Waals surface area contributed by atoms with Gasteiger partial charge >= 0.3 is 5.97 Å². The highest BCUT2D eigenvalue weighted by Crippen LogP contribution is 2.22. The third-order valence-electron chi connectivity index (χ3n) is 2.65. The lowest BCUT2D eigenvalue weighted by atomic mass is 10.2. The van der Waals surface area contributed by atoms with Crippen molar-refractivity contribution in [3.63, 3.8) is 0 Å². The molecule has 0 atom stereocenters. The van der Waals surface area contributed by atoms with E-state index in [9.17, 15) is 9.59 Å². The first-order valence-corrected chi connectivity index (χ1v) is 6.26. The van der Waals surface area contributed by atoms with Crippen molar-refractivity contribution >= 4 is 34.1 Å². The molecular formula is C11H7N5O3S. The number of thiazole rings is 1. The van der Waals surface area contributed by atoms with Crippen molar-refractivity contribution < 1.29 is 14.7 Å². The van der Waals surface area contributed by atoms with E-state index in [0.29, 0.717) is 16.0 Å². The molecule has 0 aromatic carbocycles. The summed E-state index contributed by atoms with van der Waals surface area (Å²) >= 11 is 1.18. The molecule has 9 heteroatoms. The van der Waals surface area contributed by atoms with Crippen LogP contribution in [0.25, 0.3) is 16.0 Å². The predicted molar refractivity (Wildman–Crippen MR) is 70.0 cm³/mol. The number of aromatic carboxylic acids is 1. The molecule has 0 aliphatic heterocycles. The van der Waals surface area contributed by atoms with Crippen molar-refractivity contribution in [3.05, 3.63) is 35.2 Å². The van der Waals surface area contributed by atoms with Gasteiger partial charge in [0.1, 0.15) is 5.69 Å². The van der Waals surface area contributed by atoms with E-state index >= 15 is 0 Å². The van der Waals surface area contributed by atoms with Gasteiger partial charge in [-0.05, 0) is 0 Å². The van der Waals surface area contributed by atoms with Crippen LogP contribution in [0.4, 0.5) is 0 Å². The lowest BCUT2D eigenvalue weighted by Crippen LogP contribution is -2.11. The number of fused-ring (bicyclic) bond motifs is 1. The predicted octanol–water partition coefficient (Wildman–Crippen LogP) is 0.674. The maximum Gasteiger partial charge on any atom is 0.338 e. The molecule has 100 valence electrons. The first-order valence-electron chi connectivity index (χ1n) is 5.38. The van der Waals surface area contributed by atoms with Crippen molar-refractivity contribution in [2.45, 2.75) is 0 Å². The van der Waals surface area contributed by atoms with E-state index in [0.717, 1.165) is 0 Å². The Morgan fingerprint density at radius 3 is 2.75 bits per heavy atom. The largest absolute Gasteiger partial charge is 0.478 e. The third-order valence-corrected chi connectivity index (χ3v) is 3.47. The average molecular weight is 289 g/mol. The molecule has 0 fully saturated rings. The Labute approximate surface area is 115 Å². The van der Waals surface area contributed by atoms with Crippen molar-refractivity contribution in [2.75, 3.05) is 0 Å². The van der Waals surface area contributed by atoms with E-state index in [1.165, 1.54) is 40.0 Å². The highest BCUT2D eigenvalue weighted by atomic mass is 32.1. The molecule has 3 aromatic heterocycles. The summed E-state index contributed by atoms with van der Waals surface area (Å²) < 4.78 is 1.42. The van der Waals surface area contributed by atoms with Crippen molar-refractivity contribution in [1.29, 1.82) is 0 Å². The number of primary amides is 1. The molecule has 0 aliphatic rings. The number of aromatic nitrogens is 4. The maximum absolute atomic E-state index is 11.1. The molecule has 3 aromatic rings. The fraction of sp³-hybridized carbons (Fsp3) is 0. The molecule has 0 aliphatic carbocycles. The summed E-state index contributed by atoms with van der Waals surface area (Å²) in [6, 6.07) is 0. The van der Waals surface area contributed by atoms with Gasteiger partial charge in [-0.15, -0.1) is 11.3 Å². The van der Waals surface area contributed by atoms with Gasteiger partial charge in [0.2, 0.25) is 5.13 Å². The van der Waals surface area contributed by atoms with Crippen LogP contribution in [-0.4, -0.2) is 36.7 Å². The Hall–Kier alpha value is -2.81. The Balaban J connectivity index is 2.19. The molecule has 0 saturated heterocycles. The molecule has 8 nitrogen and oxygen atoms in total. The molecule has 0 radical (unpaired) electrons. The number of nitrogens with two attached hydrogens (primary N) is 1. The highest BCUT2D eigenvalue weighted by Gasteiger charge is 2.16. The van der Waals surface area contributed by atoms with Gasteiger partial charge in [-0.2, -0.15) is 5.10 Å². The summed E-state index contributed by atoms with van der Waals surface area (Å²) in [4.78, 5) is 30.1. The molecule has 0 saturated carbocycles. The number of amides is 1. The Morgan fingerprint density at radius 1 is 1.30 bits per heavy atom. The van der Waals surface area contributed by atoms with Gasteiger partial charge in [0, 0.05) is 17.0 Å². The van der Waals surface area contributed by atoms with E-state index in [2.05, 4.69) is 15.1 Å². The van der Waals surface area contributed by atoms with Crippen LogP contribution in [-0.2, 0) is 0 Å². The molecule has 0 unspecified atom stereocenters. The minimum Gasteiger partial charge on any atom is -0.478 e. The summed E-state index contributed by atoms with van der Waals surface area (Å²) in [5.41, 5.74) is 5.83. The Morgan fingerprint density at radius 2 is 2.10 bits per heavy atom.